The zero-order valence-electron chi connectivity index (χ0n) is 12.5. The van der Waals surface area contributed by atoms with E-state index in [1.165, 1.54) is 10.4 Å². The summed E-state index contributed by atoms with van der Waals surface area (Å²) in [6, 6.07) is 2.41. The second kappa shape index (κ2) is 7.02. The molecule has 0 radical (unpaired) electrons. The Hall–Kier alpha value is -1.39. The molecule has 0 aliphatic carbocycles. The van der Waals surface area contributed by atoms with Crippen molar-refractivity contribution in [3.8, 4) is 5.88 Å². The van der Waals surface area contributed by atoms with Gasteiger partial charge in [0.2, 0.25) is 15.9 Å². The fraction of sp³-hybridized carbons (Fsp3) is 0.615. The molecule has 10 heteroatoms. The number of halogens is 3. The molecule has 0 saturated carbocycles. The minimum Gasteiger partial charge on any atom is -0.468 e. The summed E-state index contributed by atoms with van der Waals surface area (Å²) in [6.07, 6.45) is -1.82. The van der Waals surface area contributed by atoms with Gasteiger partial charge in [0.05, 0.1) is 6.20 Å². The Labute approximate surface area is 132 Å². The quantitative estimate of drug-likeness (QED) is 0.866. The van der Waals surface area contributed by atoms with Gasteiger partial charge in [-0.15, -0.1) is 0 Å². The molecule has 1 unspecified atom stereocenters. The lowest BCUT2D eigenvalue weighted by molar-refractivity contribution is -0.154. The van der Waals surface area contributed by atoms with Crippen molar-refractivity contribution in [2.45, 2.75) is 30.0 Å². The molecule has 0 aromatic carbocycles. The van der Waals surface area contributed by atoms with Gasteiger partial charge in [-0.25, -0.2) is 13.4 Å². The first-order valence-corrected chi connectivity index (χ1v) is 8.49. The number of alkyl halides is 3. The summed E-state index contributed by atoms with van der Waals surface area (Å²) in [5.74, 6) is -0.270. The number of hydrogen-bond acceptors (Lipinski definition) is 5. The number of piperidine rings is 1. The number of aromatic nitrogens is 1. The molecule has 1 aromatic heterocycles. The van der Waals surface area contributed by atoms with E-state index in [9.17, 15) is 21.6 Å². The molecule has 0 amide bonds. The SMILES string of the molecule is CNC1CCCN(S(=O)(=O)c2ccc(OCC(F)(F)F)nc2)C1. The topological polar surface area (TPSA) is 71.5 Å². The van der Waals surface area contributed by atoms with Crippen LogP contribution in [0.15, 0.2) is 23.2 Å². The number of ether oxygens (including phenoxy) is 1. The van der Waals surface area contributed by atoms with Crippen LogP contribution in [0.4, 0.5) is 13.2 Å². The number of likely N-dealkylation sites (N-methyl/N-ethyl adjacent to an activating group) is 1. The summed E-state index contributed by atoms with van der Waals surface area (Å²) in [5.41, 5.74) is 0. The van der Waals surface area contributed by atoms with Crippen molar-refractivity contribution in [2.24, 2.45) is 0 Å². The highest BCUT2D eigenvalue weighted by atomic mass is 32.2. The predicted octanol–water partition coefficient (Wildman–Crippen LogP) is 1.40. The van der Waals surface area contributed by atoms with Gasteiger partial charge < -0.3 is 10.1 Å². The van der Waals surface area contributed by atoms with Crippen molar-refractivity contribution in [3.05, 3.63) is 18.3 Å². The van der Waals surface area contributed by atoms with Crippen molar-refractivity contribution >= 4 is 10.0 Å². The number of hydrogen-bond donors (Lipinski definition) is 1. The van der Waals surface area contributed by atoms with Crippen LogP contribution in [-0.4, -0.2) is 56.7 Å². The Bertz CT molecular complexity index is 620. The molecule has 1 aliphatic heterocycles. The summed E-state index contributed by atoms with van der Waals surface area (Å²) < 4.78 is 67.0. The molecule has 1 saturated heterocycles. The molecule has 0 bridgehead atoms. The van der Waals surface area contributed by atoms with Gasteiger partial charge in [0.15, 0.2) is 6.61 Å². The highest BCUT2D eigenvalue weighted by Crippen LogP contribution is 2.22. The Morgan fingerprint density at radius 3 is 2.74 bits per heavy atom. The van der Waals surface area contributed by atoms with E-state index in [-0.39, 0.29) is 16.8 Å². The highest BCUT2D eigenvalue weighted by Gasteiger charge is 2.31. The Kier molecular flexibility index (Phi) is 5.48. The fourth-order valence-corrected chi connectivity index (χ4v) is 3.78. The second-order valence-corrected chi connectivity index (χ2v) is 7.16. The second-order valence-electron chi connectivity index (χ2n) is 5.23. The van der Waals surface area contributed by atoms with E-state index in [2.05, 4.69) is 15.0 Å². The molecule has 23 heavy (non-hydrogen) atoms. The third kappa shape index (κ3) is 4.79. The van der Waals surface area contributed by atoms with E-state index in [4.69, 9.17) is 0 Å². The van der Waals surface area contributed by atoms with Crippen LogP contribution in [0.1, 0.15) is 12.8 Å². The van der Waals surface area contributed by atoms with E-state index in [0.717, 1.165) is 25.1 Å². The number of nitrogens with one attached hydrogen (secondary N) is 1. The molecular formula is C13H18F3N3O3S. The molecule has 1 atom stereocenters. The van der Waals surface area contributed by atoms with Gasteiger partial charge in [-0.05, 0) is 26.0 Å². The van der Waals surface area contributed by atoms with Crippen molar-refractivity contribution in [3.63, 3.8) is 0 Å². The van der Waals surface area contributed by atoms with Gasteiger partial charge in [0, 0.05) is 25.2 Å². The van der Waals surface area contributed by atoms with Crippen molar-refractivity contribution < 1.29 is 26.3 Å². The van der Waals surface area contributed by atoms with Crippen molar-refractivity contribution in [1.29, 1.82) is 0 Å². The lowest BCUT2D eigenvalue weighted by Crippen LogP contribution is -2.46. The Morgan fingerprint density at radius 2 is 2.17 bits per heavy atom. The molecule has 130 valence electrons. The van der Waals surface area contributed by atoms with Crippen LogP contribution in [0.25, 0.3) is 0 Å². The minimum absolute atomic E-state index is 0.0615. The van der Waals surface area contributed by atoms with E-state index in [1.54, 1.807) is 7.05 Å². The fourth-order valence-electron chi connectivity index (χ4n) is 2.31. The molecule has 1 fully saturated rings. The summed E-state index contributed by atoms with van der Waals surface area (Å²) in [4.78, 5) is 3.58. The molecule has 1 N–H and O–H groups in total. The van der Waals surface area contributed by atoms with Crippen LogP contribution >= 0.6 is 0 Å². The van der Waals surface area contributed by atoms with Crippen LogP contribution in [0, 0.1) is 0 Å². The van der Waals surface area contributed by atoms with Crippen LogP contribution < -0.4 is 10.1 Å². The number of nitrogens with zero attached hydrogens (tertiary/aromatic N) is 2. The van der Waals surface area contributed by atoms with Crippen molar-refractivity contribution in [1.82, 2.24) is 14.6 Å². The van der Waals surface area contributed by atoms with Gasteiger partial charge in [0.1, 0.15) is 4.90 Å². The lowest BCUT2D eigenvalue weighted by atomic mass is 10.1. The average Bonchev–Trinajstić information content (AvgIpc) is 2.52. The zero-order valence-corrected chi connectivity index (χ0v) is 13.3. The van der Waals surface area contributed by atoms with Crippen LogP contribution in [0.3, 0.4) is 0 Å². The molecule has 2 rings (SSSR count). The van der Waals surface area contributed by atoms with Gasteiger partial charge in [-0.2, -0.15) is 17.5 Å². The number of sulfonamides is 1. The zero-order chi connectivity index (χ0) is 17.1. The maximum Gasteiger partial charge on any atom is 0.422 e. The first-order valence-electron chi connectivity index (χ1n) is 7.05. The predicted molar refractivity (Wildman–Crippen MR) is 76.6 cm³/mol. The van der Waals surface area contributed by atoms with Crippen LogP contribution in [0.5, 0.6) is 5.88 Å². The van der Waals surface area contributed by atoms with Crippen LogP contribution in [0.2, 0.25) is 0 Å². The maximum atomic E-state index is 12.5. The number of rotatable bonds is 5. The highest BCUT2D eigenvalue weighted by molar-refractivity contribution is 7.89. The largest absolute Gasteiger partial charge is 0.468 e. The van der Waals surface area contributed by atoms with Gasteiger partial charge in [-0.1, -0.05) is 0 Å². The van der Waals surface area contributed by atoms with Gasteiger partial charge in [0.25, 0.3) is 0 Å². The van der Waals surface area contributed by atoms with Gasteiger partial charge in [-0.3, -0.25) is 0 Å². The average molecular weight is 353 g/mol. The van der Waals surface area contributed by atoms with Crippen LogP contribution in [-0.2, 0) is 10.0 Å². The van der Waals surface area contributed by atoms with E-state index >= 15 is 0 Å². The standard InChI is InChI=1S/C13H18F3N3O3S/c1-17-10-3-2-6-19(8-10)23(20,21)11-4-5-12(18-7-11)22-9-13(14,15)16/h4-5,7,10,17H,2-3,6,8-9H2,1H3. The first kappa shape index (κ1) is 18.0. The lowest BCUT2D eigenvalue weighted by Gasteiger charge is -2.31. The molecule has 1 aliphatic rings. The molecule has 6 nitrogen and oxygen atoms in total. The molecule has 1 aromatic rings. The maximum absolute atomic E-state index is 12.5. The summed E-state index contributed by atoms with van der Waals surface area (Å²) in [7, 11) is -1.94. The normalized spacial score (nSPS) is 20.4. The Balaban J connectivity index is 2.08. The smallest absolute Gasteiger partial charge is 0.422 e. The first-order chi connectivity index (χ1) is 10.7. The molecule has 0 spiro atoms. The summed E-state index contributed by atoms with van der Waals surface area (Å²) >= 11 is 0. The van der Waals surface area contributed by atoms with E-state index in [0.29, 0.717) is 13.1 Å². The Morgan fingerprint density at radius 1 is 1.43 bits per heavy atom. The summed E-state index contributed by atoms with van der Waals surface area (Å²) in [6.45, 7) is -0.708. The van der Waals surface area contributed by atoms with E-state index < -0.39 is 22.8 Å². The van der Waals surface area contributed by atoms with E-state index in [1.807, 2.05) is 0 Å². The third-order valence-electron chi connectivity index (χ3n) is 3.52. The summed E-state index contributed by atoms with van der Waals surface area (Å²) in [5, 5.41) is 3.05. The van der Waals surface area contributed by atoms with Crippen molar-refractivity contribution in [2.75, 3.05) is 26.7 Å². The number of pyridine rings is 1. The third-order valence-corrected chi connectivity index (χ3v) is 5.37. The van der Waals surface area contributed by atoms with Gasteiger partial charge >= 0.3 is 6.18 Å². The minimum atomic E-state index is -4.47. The molecular weight excluding hydrogens is 335 g/mol. The molecule has 2 heterocycles. The monoisotopic (exact) mass is 353 g/mol.